The Hall–Kier alpha value is -4.02. The number of alkyl halides is 3. The van der Waals surface area contributed by atoms with Gasteiger partial charge in [0.25, 0.3) is 15.9 Å². The summed E-state index contributed by atoms with van der Waals surface area (Å²) in [7, 11) is -3.77. The monoisotopic (exact) mass is 551 g/mol. The lowest BCUT2D eigenvalue weighted by Gasteiger charge is -2.15. The molecule has 10 heteroatoms. The van der Waals surface area contributed by atoms with Crippen LogP contribution in [0.4, 0.5) is 18.9 Å². The lowest BCUT2D eigenvalue weighted by Crippen LogP contribution is -2.35. The fourth-order valence-corrected chi connectivity index (χ4v) is 6.01. The number of sulfonamides is 1. The summed E-state index contributed by atoms with van der Waals surface area (Å²) >= 11 is 0. The molecule has 2 N–H and O–H groups in total. The molecule has 1 aliphatic rings. The van der Waals surface area contributed by atoms with Gasteiger partial charge in [0.05, 0.1) is 5.56 Å². The first-order valence-electron chi connectivity index (χ1n) is 12.1. The molecular weight excluding hydrogens is 527 g/mol. The molecule has 0 saturated carbocycles. The average molecular weight is 552 g/mol. The largest absolute Gasteiger partial charge is 0.416 e. The normalized spacial score (nSPS) is 15.1. The van der Waals surface area contributed by atoms with Crippen molar-refractivity contribution in [3.8, 4) is 11.1 Å². The zero-order chi connectivity index (χ0) is 27.8. The third-order valence-electron chi connectivity index (χ3n) is 6.65. The van der Waals surface area contributed by atoms with Crippen LogP contribution in [0, 0.1) is 6.92 Å². The number of rotatable bonds is 6. The summed E-state index contributed by atoms with van der Waals surface area (Å²) < 4.78 is 67.1. The number of benzene rings is 3. The highest BCUT2D eigenvalue weighted by Gasteiger charge is 2.30. The van der Waals surface area contributed by atoms with Crippen molar-refractivity contribution in [2.75, 3.05) is 5.32 Å². The summed E-state index contributed by atoms with van der Waals surface area (Å²) in [4.78, 5) is 17.2. The maximum atomic E-state index is 13.3. The fourth-order valence-electron chi connectivity index (χ4n) is 4.83. The van der Waals surface area contributed by atoms with Gasteiger partial charge in [0.1, 0.15) is 0 Å². The van der Waals surface area contributed by atoms with E-state index in [0.717, 1.165) is 28.8 Å². The summed E-state index contributed by atoms with van der Waals surface area (Å²) in [6, 6.07) is 19.6. The van der Waals surface area contributed by atoms with Crippen LogP contribution in [0.25, 0.3) is 11.1 Å². The van der Waals surface area contributed by atoms with E-state index in [1.807, 2.05) is 12.1 Å². The number of carbonyl (C=O) groups excluding carboxylic acids is 1. The predicted molar refractivity (Wildman–Crippen MR) is 142 cm³/mol. The highest BCUT2D eigenvalue weighted by molar-refractivity contribution is 7.89. The Labute approximate surface area is 224 Å². The molecule has 1 aliphatic carbocycles. The van der Waals surface area contributed by atoms with Crippen molar-refractivity contribution >= 4 is 21.6 Å². The van der Waals surface area contributed by atoms with Crippen molar-refractivity contribution in [3.05, 3.63) is 113 Å². The Morgan fingerprint density at radius 3 is 2.36 bits per heavy atom. The van der Waals surface area contributed by atoms with Gasteiger partial charge in [-0.05, 0) is 90.0 Å². The third kappa shape index (κ3) is 5.71. The summed E-state index contributed by atoms with van der Waals surface area (Å²) in [6.45, 7) is 1.80. The summed E-state index contributed by atoms with van der Waals surface area (Å²) in [5, 5.41) is 2.84. The van der Waals surface area contributed by atoms with Gasteiger partial charge in [-0.25, -0.2) is 18.1 Å². The van der Waals surface area contributed by atoms with Gasteiger partial charge in [0, 0.05) is 23.5 Å². The van der Waals surface area contributed by atoms with Gasteiger partial charge in [-0.2, -0.15) is 13.2 Å². The number of fused-ring (bicyclic) bond motifs is 1. The summed E-state index contributed by atoms with van der Waals surface area (Å²) in [5.74, 6) is -0.404. The van der Waals surface area contributed by atoms with Crippen molar-refractivity contribution in [3.63, 3.8) is 0 Å². The van der Waals surface area contributed by atoms with Crippen molar-refractivity contribution in [2.45, 2.75) is 37.0 Å². The van der Waals surface area contributed by atoms with E-state index in [1.165, 1.54) is 24.4 Å². The quantitative estimate of drug-likeness (QED) is 0.318. The number of pyridine rings is 1. The van der Waals surface area contributed by atoms with E-state index in [0.29, 0.717) is 35.2 Å². The molecule has 0 radical (unpaired) electrons. The van der Waals surface area contributed by atoms with Crippen molar-refractivity contribution in [2.24, 2.45) is 0 Å². The second kappa shape index (κ2) is 10.3. The molecule has 0 fully saturated rings. The number of hydrogen-bond acceptors (Lipinski definition) is 4. The van der Waals surface area contributed by atoms with E-state index in [2.05, 4.69) is 15.0 Å². The highest BCUT2D eigenvalue weighted by atomic mass is 32.2. The third-order valence-corrected chi connectivity index (χ3v) is 8.09. The van der Waals surface area contributed by atoms with Gasteiger partial charge in [-0.1, -0.05) is 36.4 Å². The lowest BCUT2D eigenvalue weighted by molar-refractivity contribution is -0.137. The van der Waals surface area contributed by atoms with Crippen molar-refractivity contribution in [1.29, 1.82) is 0 Å². The number of halogens is 3. The van der Waals surface area contributed by atoms with Gasteiger partial charge in [-0.15, -0.1) is 0 Å². The molecular formula is C29H24F3N3O3S. The molecule has 3 aromatic carbocycles. The van der Waals surface area contributed by atoms with E-state index in [1.54, 1.807) is 43.3 Å². The second-order valence-electron chi connectivity index (χ2n) is 9.40. The Bertz CT molecular complexity index is 1640. The molecule has 0 saturated heterocycles. The molecule has 0 spiro atoms. The number of aryl methyl sites for hydroxylation is 1. The van der Waals surface area contributed by atoms with Crippen molar-refractivity contribution in [1.82, 2.24) is 9.71 Å². The lowest BCUT2D eigenvalue weighted by atomic mass is 9.93. The molecule has 5 rings (SSSR count). The SMILES string of the molecule is Cc1cccc(C(=O)Nc2ccc3c(c2)C[C@@H](NS(=O)(=O)c2ccccn2)C3)c1-c1ccc(C(F)(F)F)cc1. The second-order valence-corrected chi connectivity index (χ2v) is 11.1. The van der Waals surface area contributed by atoms with Gasteiger partial charge < -0.3 is 5.32 Å². The van der Waals surface area contributed by atoms with Crippen LogP contribution >= 0.6 is 0 Å². The Balaban J connectivity index is 1.33. The number of aromatic nitrogens is 1. The van der Waals surface area contributed by atoms with Crippen LogP contribution in [0.1, 0.15) is 32.6 Å². The zero-order valence-corrected chi connectivity index (χ0v) is 21.6. The van der Waals surface area contributed by atoms with Gasteiger partial charge >= 0.3 is 6.18 Å². The molecule has 1 heterocycles. The van der Waals surface area contributed by atoms with Gasteiger partial charge in [-0.3, -0.25) is 4.79 Å². The van der Waals surface area contributed by atoms with Crippen LogP contribution in [0.5, 0.6) is 0 Å². The molecule has 200 valence electrons. The molecule has 0 aliphatic heterocycles. The number of nitrogens with zero attached hydrogens (tertiary/aromatic N) is 1. The van der Waals surface area contributed by atoms with Crippen LogP contribution in [-0.2, 0) is 29.0 Å². The smallest absolute Gasteiger partial charge is 0.322 e. The van der Waals surface area contributed by atoms with Crippen molar-refractivity contribution < 1.29 is 26.4 Å². The number of anilines is 1. The fraction of sp³-hybridized carbons (Fsp3) is 0.172. The predicted octanol–water partition coefficient (Wildman–Crippen LogP) is 5.77. The van der Waals surface area contributed by atoms with E-state index < -0.39 is 27.7 Å². The summed E-state index contributed by atoms with van der Waals surface area (Å²) in [6.07, 6.45) is -2.07. The van der Waals surface area contributed by atoms with Gasteiger partial charge in [0.2, 0.25) is 0 Å². The molecule has 0 unspecified atom stereocenters. The van der Waals surface area contributed by atoms with Gasteiger partial charge in [0.15, 0.2) is 5.03 Å². The standard InChI is InChI=1S/C29H24F3N3O3S/c1-18-5-4-6-25(27(18)19-8-11-22(12-9-19)29(30,31)32)28(36)34-23-13-10-20-15-24(17-21(20)16-23)35-39(37,38)26-7-2-3-14-33-26/h2-14,16,24,35H,15,17H2,1H3,(H,34,36)/t24-/m0/s1. The molecule has 1 aromatic heterocycles. The molecule has 1 atom stereocenters. The number of amides is 1. The van der Waals surface area contributed by atoms with Crippen LogP contribution < -0.4 is 10.0 Å². The Morgan fingerprint density at radius 2 is 1.67 bits per heavy atom. The van der Waals surface area contributed by atoms with E-state index in [-0.39, 0.29) is 11.1 Å². The molecule has 4 aromatic rings. The average Bonchev–Trinajstić information content (AvgIpc) is 3.29. The zero-order valence-electron chi connectivity index (χ0n) is 20.8. The first kappa shape index (κ1) is 26.6. The Morgan fingerprint density at radius 1 is 0.923 bits per heavy atom. The van der Waals surface area contributed by atoms with Crippen LogP contribution in [0.3, 0.4) is 0 Å². The molecule has 39 heavy (non-hydrogen) atoms. The minimum Gasteiger partial charge on any atom is -0.322 e. The highest BCUT2D eigenvalue weighted by Crippen LogP contribution is 2.34. The van der Waals surface area contributed by atoms with Crippen LogP contribution in [0.15, 0.2) is 90.1 Å². The maximum absolute atomic E-state index is 13.3. The maximum Gasteiger partial charge on any atom is 0.416 e. The summed E-state index contributed by atoms with van der Waals surface area (Å²) in [5.41, 5.74) is 3.79. The first-order chi connectivity index (χ1) is 18.5. The van der Waals surface area contributed by atoms with E-state index in [4.69, 9.17) is 0 Å². The minimum atomic E-state index is -4.45. The number of nitrogens with one attached hydrogen (secondary N) is 2. The first-order valence-corrected chi connectivity index (χ1v) is 13.6. The molecule has 0 bridgehead atoms. The molecule has 1 amide bonds. The number of carbonyl (C=O) groups is 1. The minimum absolute atomic E-state index is 0.0455. The van der Waals surface area contributed by atoms with E-state index >= 15 is 0 Å². The molecule has 6 nitrogen and oxygen atoms in total. The van der Waals surface area contributed by atoms with Crippen LogP contribution in [0.2, 0.25) is 0 Å². The van der Waals surface area contributed by atoms with E-state index in [9.17, 15) is 26.4 Å². The number of hydrogen-bond donors (Lipinski definition) is 2. The topological polar surface area (TPSA) is 88.2 Å². The van der Waals surface area contributed by atoms with Crippen LogP contribution in [-0.4, -0.2) is 25.4 Å². The Kier molecular flexibility index (Phi) is 7.00.